The number of rotatable bonds is 2. The first-order chi connectivity index (χ1) is 6.87. The summed E-state index contributed by atoms with van der Waals surface area (Å²) >= 11 is 0. The number of alkyl halides is 3. The average molecular weight is 226 g/mol. The molecule has 2 atom stereocenters. The summed E-state index contributed by atoms with van der Waals surface area (Å²) in [6, 6.07) is -0.0228. The average Bonchev–Trinajstić information content (AvgIpc) is 2.47. The first kappa shape index (κ1) is 12.1. The van der Waals surface area contributed by atoms with E-state index in [9.17, 15) is 18.0 Å². The van der Waals surface area contributed by atoms with Crippen LogP contribution in [0.3, 0.4) is 0 Å². The minimum absolute atomic E-state index is 0.0228. The topological polar surface area (TPSA) is 64.3 Å². The fourth-order valence-electron chi connectivity index (χ4n) is 1.45. The normalized spacial score (nSPS) is 26.4. The van der Waals surface area contributed by atoms with Crippen molar-refractivity contribution in [1.29, 1.82) is 0 Å². The van der Waals surface area contributed by atoms with Crippen molar-refractivity contribution in [1.82, 2.24) is 5.32 Å². The third-order valence-electron chi connectivity index (χ3n) is 2.13. The molecule has 2 unspecified atom stereocenters. The Labute approximate surface area is 84.9 Å². The zero-order chi connectivity index (χ0) is 11.5. The second-order valence-corrected chi connectivity index (χ2v) is 3.57. The van der Waals surface area contributed by atoms with Crippen molar-refractivity contribution in [2.45, 2.75) is 37.6 Å². The highest BCUT2D eigenvalue weighted by Crippen LogP contribution is 2.20. The molecule has 0 spiro atoms. The van der Waals surface area contributed by atoms with E-state index in [0.29, 0.717) is 12.8 Å². The van der Waals surface area contributed by atoms with Crippen LogP contribution in [0.15, 0.2) is 0 Å². The zero-order valence-corrected chi connectivity index (χ0v) is 8.01. The Hall–Kier alpha value is -0.980. The van der Waals surface area contributed by atoms with E-state index in [1.54, 1.807) is 5.32 Å². The molecular formula is C8H13F3N2O2. The Balaban J connectivity index is 2.19. The van der Waals surface area contributed by atoms with Gasteiger partial charge in [0.25, 0.3) is 0 Å². The van der Waals surface area contributed by atoms with Crippen LogP contribution in [0.4, 0.5) is 18.0 Å². The summed E-state index contributed by atoms with van der Waals surface area (Å²) in [4.78, 5) is 10.9. The standard InChI is InChI=1S/C8H13F3N2O2/c9-8(10,11)4-13-7(14)15-6-2-1-5(12)3-6/h5-6H,1-4,12H2,(H,13,14). The van der Waals surface area contributed by atoms with E-state index in [4.69, 9.17) is 10.5 Å². The zero-order valence-electron chi connectivity index (χ0n) is 8.01. The Morgan fingerprint density at radius 1 is 1.47 bits per heavy atom. The van der Waals surface area contributed by atoms with E-state index in [-0.39, 0.29) is 12.1 Å². The van der Waals surface area contributed by atoms with Crippen LogP contribution in [0.1, 0.15) is 19.3 Å². The molecule has 4 nitrogen and oxygen atoms in total. The van der Waals surface area contributed by atoms with Crippen LogP contribution >= 0.6 is 0 Å². The quantitative estimate of drug-likeness (QED) is 0.742. The number of halogens is 3. The summed E-state index contributed by atoms with van der Waals surface area (Å²) in [6.07, 6.45) is -3.94. The molecule has 15 heavy (non-hydrogen) atoms. The SMILES string of the molecule is NC1CCC(OC(=O)NCC(F)(F)F)C1. The molecule has 1 aliphatic carbocycles. The molecule has 0 aromatic rings. The van der Waals surface area contributed by atoms with E-state index >= 15 is 0 Å². The van der Waals surface area contributed by atoms with E-state index < -0.39 is 18.8 Å². The van der Waals surface area contributed by atoms with E-state index in [2.05, 4.69) is 0 Å². The Kier molecular flexibility index (Phi) is 3.78. The number of nitrogens with two attached hydrogens (primary N) is 1. The predicted molar refractivity (Wildman–Crippen MR) is 46.2 cm³/mol. The molecule has 88 valence electrons. The van der Waals surface area contributed by atoms with Gasteiger partial charge in [-0.15, -0.1) is 0 Å². The third-order valence-corrected chi connectivity index (χ3v) is 2.13. The fraction of sp³-hybridized carbons (Fsp3) is 0.875. The van der Waals surface area contributed by atoms with Crippen LogP contribution in [0.25, 0.3) is 0 Å². The van der Waals surface area contributed by atoms with Crippen molar-refractivity contribution in [2.75, 3.05) is 6.54 Å². The third kappa shape index (κ3) is 4.87. The van der Waals surface area contributed by atoms with Crippen molar-refractivity contribution in [3.05, 3.63) is 0 Å². The molecule has 1 amide bonds. The lowest BCUT2D eigenvalue weighted by atomic mass is 10.3. The summed E-state index contributed by atoms with van der Waals surface area (Å²) in [5.41, 5.74) is 5.55. The molecule has 1 aliphatic rings. The van der Waals surface area contributed by atoms with E-state index in [1.165, 1.54) is 0 Å². The van der Waals surface area contributed by atoms with Crippen LogP contribution in [0, 0.1) is 0 Å². The molecule has 0 aromatic heterocycles. The van der Waals surface area contributed by atoms with Crippen LogP contribution in [0.5, 0.6) is 0 Å². The molecule has 0 aromatic carbocycles. The summed E-state index contributed by atoms with van der Waals surface area (Å²) in [5.74, 6) is 0. The molecule has 0 saturated heterocycles. The molecule has 0 heterocycles. The van der Waals surface area contributed by atoms with E-state index in [1.807, 2.05) is 0 Å². The van der Waals surface area contributed by atoms with Gasteiger partial charge in [-0.1, -0.05) is 0 Å². The highest BCUT2D eigenvalue weighted by molar-refractivity contribution is 5.67. The van der Waals surface area contributed by atoms with Crippen LogP contribution < -0.4 is 11.1 Å². The molecule has 1 fully saturated rings. The van der Waals surface area contributed by atoms with Gasteiger partial charge >= 0.3 is 12.3 Å². The summed E-state index contributed by atoms with van der Waals surface area (Å²) < 4.78 is 39.9. The predicted octanol–water partition coefficient (Wildman–Crippen LogP) is 1.15. The maximum absolute atomic E-state index is 11.7. The minimum atomic E-state index is -4.41. The van der Waals surface area contributed by atoms with E-state index in [0.717, 1.165) is 6.42 Å². The van der Waals surface area contributed by atoms with Gasteiger partial charge in [-0.2, -0.15) is 13.2 Å². The van der Waals surface area contributed by atoms with Gasteiger partial charge in [0, 0.05) is 6.04 Å². The van der Waals surface area contributed by atoms with Gasteiger partial charge in [0.1, 0.15) is 12.6 Å². The lowest BCUT2D eigenvalue weighted by Gasteiger charge is -2.13. The number of hydrogen-bond donors (Lipinski definition) is 2. The Bertz CT molecular complexity index is 232. The second-order valence-electron chi connectivity index (χ2n) is 3.57. The number of alkyl carbamates (subject to hydrolysis) is 1. The van der Waals surface area contributed by atoms with Crippen LogP contribution in [0.2, 0.25) is 0 Å². The smallest absolute Gasteiger partial charge is 0.407 e. The maximum Gasteiger partial charge on any atom is 0.407 e. The van der Waals surface area contributed by atoms with Gasteiger partial charge in [-0.05, 0) is 19.3 Å². The summed E-state index contributed by atoms with van der Waals surface area (Å²) in [6.45, 7) is -1.37. The molecule has 1 saturated carbocycles. The molecule has 0 radical (unpaired) electrons. The highest BCUT2D eigenvalue weighted by atomic mass is 19.4. The van der Waals surface area contributed by atoms with Crippen molar-refractivity contribution in [3.63, 3.8) is 0 Å². The van der Waals surface area contributed by atoms with Crippen molar-refractivity contribution >= 4 is 6.09 Å². The largest absolute Gasteiger partial charge is 0.446 e. The van der Waals surface area contributed by atoms with Gasteiger partial charge in [0.15, 0.2) is 0 Å². The van der Waals surface area contributed by atoms with Crippen molar-refractivity contribution < 1.29 is 22.7 Å². The Morgan fingerprint density at radius 2 is 2.13 bits per heavy atom. The first-order valence-electron chi connectivity index (χ1n) is 4.63. The maximum atomic E-state index is 11.7. The van der Waals surface area contributed by atoms with Crippen LogP contribution in [-0.2, 0) is 4.74 Å². The highest BCUT2D eigenvalue weighted by Gasteiger charge is 2.29. The lowest BCUT2D eigenvalue weighted by molar-refractivity contribution is -0.124. The van der Waals surface area contributed by atoms with Gasteiger partial charge in [0.2, 0.25) is 0 Å². The molecule has 3 N–H and O–H groups in total. The van der Waals surface area contributed by atoms with Gasteiger partial charge < -0.3 is 15.8 Å². The number of nitrogens with one attached hydrogen (secondary N) is 1. The van der Waals surface area contributed by atoms with Crippen molar-refractivity contribution in [3.8, 4) is 0 Å². The summed E-state index contributed by atoms with van der Waals surface area (Å²) in [7, 11) is 0. The molecule has 1 rings (SSSR count). The van der Waals surface area contributed by atoms with Crippen molar-refractivity contribution in [2.24, 2.45) is 5.73 Å². The van der Waals surface area contributed by atoms with Gasteiger partial charge in [0.05, 0.1) is 0 Å². The fourth-order valence-corrected chi connectivity index (χ4v) is 1.45. The molecule has 7 heteroatoms. The summed E-state index contributed by atoms with van der Waals surface area (Å²) in [5, 5.41) is 1.64. The number of hydrogen-bond acceptors (Lipinski definition) is 3. The number of ether oxygens (including phenoxy) is 1. The monoisotopic (exact) mass is 226 g/mol. The Morgan fingerprint density at radius 3 is 2.60 bits per heavy atom. The van der Waals surface area contributed by atoms with Gasteiger partial charge in [-0.3, -0.25) is 0 Å². The minimum Gasteiger partial charge on any atom is -0.446 e. The number of amides is 1. The molecular weight excluding hydrogens is 213 g/mol. The second kappa shape index (κ2) is 4.69. The molecule has 0 aliphatic heterocycles. The van der Waals surface area contributed by atoms with Crippen LogP contribution in [-0.4, -0.2) is 31.0 Å². The molecule has 0 bridgehead atoms. The number of carbonyl (C=O) groups is 1. The van der Waals surface area contributed by atoms with Gasteiger partial charge in [-0.25, -0.2) is 4.79 Å². The lowest BCUT2D eigenvalue weighted by Crippen LogP contribution is -2.35. The number of carbonyl (C=O) groups excluding carboxylic acids is 1. The first-order valence-corrected chi connectivity index (χ1v) is 4.63.